The summed E-state index contributed by atoms with van der Waals surface area (Å²) in [7, 11) is 0. The fraction of sp³-hybridized carbons (Fsp3) is 0.0714. The molecule has 19 heavy (non-hydrogen) atoms. The Morgan fingerprint density at radius 2 is 1.84 bits per heavy atom. The topological polar surface area (TPSA) is 41.1 Å². The number of benzene rings is 2. The second-order valence-corrected chi connectivity index (χ2v) is 4.13. The summed E-state index contributed by atoms with van der Waals surface area (Å²) in [5.74, 6) is -0.881. The van der Waals surface area contributed by atoms with Crippen LogP contribution in [0.5, 0.6) is 0 Å². The molecule has 0 bridgehead atoms. The zero-order valence-corrected chi connectivity index (χ0v) is 10.7. The average Bonchev–Trinajstić information content (AvgIpc) is 2.43. The first-order valence-electron chi connectivity index (χ1n) is 5.66. The first kappa shape index (κ1) is 13.4. The van der Waals surface area contributed by atoms with Gasteiger partial charge >= 0.3 is 0 Å². The number of rotatable bonds is 4. The van der Waals surface area contributed by atoms with Crippen molar-refractivity contribution in [3.63, 3.8) is 0 Å². The van der Waals surface area contributed by atoms with Crippen LogP contribution in [0, 0.1) is 5.82 Å². The molecule has 98 valence electrons. The molecule has 0 heterocycles. The summed E-state index contributed by atoms with van der Waals surface area (Å²) in [5, 5.41) is 5.65. The molecule has 2 aromatic rings. The van der Waals surface area contributed by atoms with Crippen LogP contribution in [0.1, 0.15) is 0 Å². The number of halogens is 2. The quantitative estimate of drug-likeness (QED) is 0.837. The summed E-state index contributed by atoms with van der Waals surface area (Å²) in [4.78, 5) is 11.3. The molecule has 2 N–H and O–H groups in total. The summed E-state index contributed by atoms with van der Waals surface area (Å²) in [6, 6.07) is 13.4. The number of para-hydroxylation sites is 1. The van der Waals surface area contributed by atoms with Gasteiger partial charge in [-0.15, -0.1) is 11.6 Å². The van der Waals surface area contributed by atoms with E-state index in [1.165, 1.54) is 18.2 Å². The van der Waals surface area contributed by atoms with Crippen LogP contribution in [0.2, 0.25) is 0 Å². The van der Waals surface area contributed by atoms with Gasteiger partial charge in [0.15, 0.2) is 0 Å². The average molecular weight is 279 g/mol. The molecular weight excluding hydrogens is 267 g/mol. The normalized spacial score (nSPS) is 10.0. The van der Waals surface area contributed by atoms with Crippen molar-refractivity contribution in [2.75, 3.05) is 16.5 Å². The lowest BCUT2D eigenvalue weighted by molar-refractivity contribution is -0.113. The Morgan fingerprint density at radius 1 is 1.11 bits per heavy atom. The summed E-state index contributed by atoms with van der Waals surface area (Å²) >= 11 is 5.44. The Kier molecular flexibility index (Phi) is 4.36. The monoisotopic (exact) mass is 278 g/mol. The molecule has 0 aliphatic heterocycles. The largest absolute Gasteiger partial charge is 0.354 e. The van der Waals surface area contributed by atoms with Gasteiger partial charge in [-0.1, -0.05) is 18.2 Å². The van der Waals surface area contributed by atoms with Crippen LogP contribution < -0.4 is 10.6 Å². The van der Waals surface area contributed by atoms with E-state index in [0.717, 1.165) is 5.69 Å². The van der Waals surface area contributed by atoms with E-state index in [1.54, 1.807) is 0 Å². The third-order valence-electron chi connectivity index (χ3n) is 2.43. The van der Waals surface area contributed by atoms with E-state index in [-0.39, 0.29) is 17.6 Å². The summed E-state index contributed by atoms with van der Waals surface area (Å²) < 4.78 is 13.3. The van der Waals surface area contributed by atoms with Gasteiger partial charge in [-0.25, -0.2) is 4.39 Å². The number of carbonyl (C=O) groups excluding carboxylic acids is 1. The van der Waals surface area contributed by atoms with Gasteiger partial charge in [0.25, 0.3) is 0 Å². The van der Waals surface area contributed by atoms with E-state index < -0.39 is 0 Å². The Bertz CT molecular complexity index is 575. The van der Waals surface area contributed by atoms with Crippen molar-refractivity contribution in [2.45, 2.75) is 0 Å². The van der Waals surface area contributed by atoms with Crippen molar-refractivity contribution < 1.29 is 9.18 Å². The Labute approximate surface area is 115 Å². The maximum Gasteiger partial charge on any atom is 0.239 e. The van der Waals surface area contributed by atoms with E-state index in [2.05, 4.69) is 10.6 Å². The molecule has 0 fully saturated rings. The van der Waals surface area contributed by atoms with Crippen molar-refractivity contribution >= 4 is 34.6 Å². The first-order chi connectivity index (χ1) is 9.19. The van der Waals surface area contributed by atoms with Crippen LogP contribution in [0.4, 0.5) is 21.5 Å². The third kappa shape index (κ3) is 3.69. The number of anilines is 3. The molecule has 0 unspecified atom stereocenters. The SMILES string of the molecule is O=C(CCl)Nc1ccc(F)cc1Nc1ccccc1. The van der Waals surface area contributed by atoms with E-state index in [9.17, 15) is 9.18 Å². The van der Waals surface area contributed by atoms with Crippen molar-refractivity contribution in [3.8, 4) is 0 Å². The summed E-state index contributed by atoms with van der Waals surface area (Å²) in [5.41, 5.74) is 1.76. The predicted molar refractivity (Wildman–Crippen MR) is 75.5 cm³/mol. The molecule has 3 nitrogen and oxygen atoms in total. The van der Waals surface area contributed by atoms with Crippen LogP contribution in [-0.4, -0.2) is 11.8 Å². The van der Waals surface area contributed by atoms with E-state index >= 15 is 0 Å². The van der Waals surface area contributed by atoms with Crippen LogP contribution in [0.3, 0.4) is 0 Å². The second kappa shape index (κ2) is 6.20. The molecule has 0 spiro atoms. The highest BCUT2D eigenvalue weighted by molar-refractivity contribution is 6.29. The fourth-order valence-corrected chi connectivity index (χ4v) is 1.66. The maximum absolute atomic E-state index is 13.3. The summed E-state index contributed by atoms with van der Waals surface area (Å²) in [6.07, 6.45) is 0. The standard InChI is InChI=1S/C14H12ClFN2O/c15-9-14(19)18-12-7-6-10(16)8-13(12)17-11-4-2-1-3-5-11/h1-8,17H,9H2,(H,18,19). The molecule has 5 heteroatoms. The Morgan fingerprint density at radius 3 is 2.53 bits per heavy atom. The molecule has 2 aromatic carbocycles. The number of nitrogens with one attached hydrogen (secondary N) is 2. The summed E-state index contributed by atoms with van der Waals surface area (Å²) in [6.45, 7) is 0. The molecule has 2 rings (SSSR count). The van der Waals surface area contributed by atoms with Crippen molar-refractivity contribution in [1.29, 1.82) is 0 Å². The van der Waals surface area contributed by atoms with E-state index in [0.29, 0.717) is 11.4 Å². The lowest BCUT2D eigenvalue weighted by Gasteiger charge is -2.12. The minimum absolute atomic E-state index is 0.151. The van der Waals surface area contributed by atoms with Crippen molar-refractivity contribution in [3.05, 3.63) is 54.3 Å². The molecule has 0 saturated carbocycles. The van der Waals surface area contributed by atoms with Gasteiger partial charge in [0.2, 0.25) is 5.91 Å². The Hall–Kier alpha value is -2.07. The van der Waals surface area contributed by atoms with E-state index in [4.69, 9.17) is 11.6 Å². The molecule has 0 aromatic heterocycles. The molecule has 0 atom stereocenters. The lowest BCUT2D eigenvalue weighted by atomic mass is 10.2. The van der Waals surface area contributed by atoms with Crippen molar-refractivity contribution in [2.24, 2.45) is 0 Å². The van der Waals surface area contributed by atoms with Gasteiger partial charge in [-0.3, -0.25) is 4.79 Å². The van der Waals surface area contributed by atoms with Crippen LogP contribution in [-0.2, 0) is 4.79 Å². The van der Waals surface area contributed by atoms with Crippen LogP contribution in [0.25, 0.3) is 0 Å². The molecule has 0 saturated heterocycles. The van der Waals surface area contributed by atoms with Gasteiger partial charge in [0.1, 0.15) is 11.7 Å². The predicted octanol–water partition coefficient (Wildman–Crippen LogP) is 3.75. The first-order valence-corrected chi connectivity index (χ1v) is 6.20. The smallest absolute Gasteiger partial charge is 0.239 e. The minimum Gasteiger partial charge on any atom is -0.354 e. The zero-order valence-electron chi connectivity index (χ0n) is 9.99. The highest BCUT2D eigenvalue weighted by Gasteiger charge is 2.07. The number of amides is 1. The third-order valence-corrected chi connectivity index (χ3v) is 2.67. The number of alkyl halides is 1. The zero-order chi connectivity index (χ0) is 13.7. The Balaban J connectivity index is 2.27. The van der Waals surface area contributed by atoms with Gasteiger partial charge in [-0.05, 0) is 30.3 Å². The van der Waals surface area contributed by atoms with Gasteiger partial charge in [0.05, 0.1) is 11.4 Å². The van der Waals surface area contributed by atoms with Crippen LogP contribution >= 0.6 is 11.6 Å². The van der Waals surface area contributed by atoms with Gasteiger partial charge in [0, 0.05) is 5.69 Å². The molecule has 0 aliphatic carbocycles. The van der Waals surface area contributed by atoms with Crippen molar-refractivity contribution in [1.82, 2.24) is 0 Å². The highest BCUT2D eigenvalue weighted by Crippen LogP contribution is 2.26. The number of carbonyl (C=O) groups is 1. The molecular formula is C14H12ClFN2O. The number of hydrogen-bond acceptors (Lipinski definition) is 2. The van der Waals surface area contributed by atoms with Gasteiger partial charge < -0.3 is 10.6 Å². The van der Waals surface area contributed by atoms with Crippen LogP contribution in [0.15, 0.2) is 48.5 Å². The molecule has 0 aliphatic rings. The maximum atomic E-state index is 13.3. The second-order valence-electron chi connectivity index (χ2n) is 3.86. The minimum atomic E-state index is -0.387. The lowest BCUT2D eigenvalue weighted by Crippen LogP contribution is -2.13. The highest BCUT2D eigenvalue weighted by atomic mass is 35.5. The van der Waals surface area contributed by atoms with Gasteiger partial charge in [-0.2, -0.15) is 0 Å². The number of hydrogen-bond donors (Lipinski definition) is 2. The molecule has 0 radical (unpaired) electrons. The van der Waals surface area contributed by atoms with E-state index in [1.807, 2.05) is 30.3 Å². The molecule has 1 amide bonds. The fourth-order valence-electron chi connectivity index (χ4n) is 1.59.